The van der Waals surface area contributed by atoms with Crippen LogP contribution in [0.4, 0.5) is 0 Å². The van der Waals surface area contributed by atoms with Crippen LogP contribution in [0.2, 0.25) is 4.34 Å². The molecule has 23 heavy (non-hydrogen) atoms. The second-order valence-corrected chi connectivity index (χ2v) is 10.4. The van der Waals surface area contributed by atoms with E-state index >= 15 is 0 Å². The quantitative estimate of drug-likeness (QED) is 0.761. The minimum Gasteiger partial charge on any atom is -0.309 e. The van der Waals surface area contributed by atoms with Gasteiger partial charge in [0.1, 0.15) is 4.21 Å². The molecule has 8 heteroatoms. The van der Waals surface area contributed by atoms with Gasteiger partial charge < -0.3 is 4.90 Å². The van der Waals surface area contributed by atoms with Crippen molar-refractivity contribution < 1.29 is 8.42 Å². The highest BCUT2D eigenvalue weighted by Gasteiger charge is 2.36. The molecule has 2 rings (SSSR count). The Hall–Kier alpha value is -0.180. The van der Waals surface area contributed by atoms with Crippen molar-refractivity contribution in [2.24, 2.45) is 0 Å². The predicted octanol–water partition coefficient (Wildman–Crippen LogP) is 2.44. The van der Waals surface area contributed by atoms with Gasteiger partial charge in [-0.3, -0.25) is 4.90 Å². The van der Waals surface area contributed by atoms with Crippen molar-refractivity contribution in [2.75, 3.05) is 40.3 Å². The molecule has 5 nitrogen and oxygen atoms in total. The first-order chi connectivity index (χ1) is 10.7. The molecule has 1 aliphatic heterocycles. The molecule has 0 spiro atoms. The summed E-state index contributed by atoms with van der Waals surface area (Å²) in [5.41, 5.74) is 0. The summed E-state index contributed by atoms with van der Waals surface area (Å²) in [5.74, 6) is 0. The number of nitrogens with zero attached hydrogens (tertiary/aromatic N) is 3. The molecule has 132 valence electrons. The van der Waals surface area contributed by atoms with Crippen molar-refractivity contribution in [1.29, 1.82) is 0 Å². The summed E-state index contributed by atoms with van der Waals surface area (Å²) in [7, 11) is 0.714. The Morgan fingerprint density at radius 1 is 1.26 bits per heavy atom. The minimum atomic E-state index is -3.43. The highest BCUT2D eigenvalue weighted by atomic mass is 35.5. The third kappa shape index (κ3) is 4.67. The highest BCUT2D eigenvalue weighted by Crippen LogP contribution is 2.30. The Morgan fingerprint density at radius 2 is 1.87 bits per heavy atom. The van der Waals surface area contributed by atoms with Crippen LogP contribution >= 0.6 is 22.9 Å². The van der Waals surface area contributed by atoms with Crippen molar-refractivity contribution >= 4 is 33.0 Å². The van der Waals surface area contributed by atoms with Crippen LogP contribution in [0.15, 0.2) is 16.3 Å². The fourth-order valence-electron chi connectivity index (χ4n) is 3.08. The molecule has 0 radical (unpaired) electrons. The lowest BCUT2D eigenvalue weighted by molar-refractivity contribution is 0.0741. The third-order valence-corrected chi connectivity index (χ3v) is 7.76. The Morgan fingerprint density at radius 3 is 2.35 bits per heavy atom. The molecule has 1 saturated heterocycles. The molecule has 1 aliphatic rings. The lowest BCUT2D eigenvalue weighted by Crippen LogP contribution is -2.58. The second kappa shape index (κ2) is 7.80. The van der Waals surface area contributed by atoms with E-state index in [2.05, 4.69) is 37.7 Å². The molecular formula is C15H26ClN3O2S2. The van der Waals surface area contributed by atoms with Crippen LogP contribution in [0.3, 0.4) is 0 Å². The Balaban J connectivity index is 2.03. The standard InChI is InChI=1S/C15H26ClN3O2S2/c1-12-10-18(23(20,21)15-7-6-14(16)22-15)11-13(2)19(12)9-5-8-17(3)4/h6-7,12-13H,5,8-11H2,1-4H3. The monoisotopic (exact) mass is 379 g/mol. The average Bonchev–Trinajstić information content (AvgIpc) is 2.88. The third-order valence-electron chi connectivity index (χ3n) is 4.23. The number of thiophene rings is 1. The number of halogens is 1. The van der Waals surface area contributed by atoms with E-state index < -0.39 is 10.0 Å². The molecule has 2 heterocycles. The maximum atomic E-state index is 12.8. The Bertz CT molecular complexity index is 606. The summed E-state index contributed by atoms with van der Waals surface area (Å²) in [5, 5.41) is 0. The van der Waals surface area contributed by atoms with Crippen LogP contribution in [-0.4, -0.2) is 74.9 Å². The average molecular weight is 380 g/mol. The van der Waals surface area contributed by atoms with Gasteiger partial charge in [0.25, 0.3) is 10.0 Å². The summed E-state index contributed by atoms with van der Waals surface area (Å²) in [6.07, 6.45) is 1.09. The van der Waals surface area contributed by atoms with Gasteiger partial charge in [-0.25, -0.2) is 8.42 Å². The zero-order valence-corrected chi connectivity index (χ0v) is 16.6. The van der Waals surface area contributed by atoms with Crippen molar-refractivity contribution in [2.45, 2.75) is 36.6 Å². The molecule has 0 N–H and O–H groups in total. The summed E-state index contributed by atoms with van der Waals surface area (Å²) < 4.78 is 28.0. The molecule has 0 amide bonds. The van der Waals surface area contributed by atoms with E-state index in [0.29, 0.717) is 21.6 Å². The highest BCUT2D eigenvalue weighted by molar-refractivity contribution is 7.91. The van der Waals surface area contributed by atoms with E-state index in [1.54, 1.807) is 16.4 Å². The number of sulfonamides is 1. The largest absolute Gasteiger partial charge is 0.309 e. The summed E-state index contributed by atoms with van der Waals surface area (Å²) in [4.78, 5) is 4.59. The van der Waals surface area contributed by atoms with Crippen LogP contribution in [0.25, 0.3) is 0 Å². The normalized spacial score (nSPS) is 24.4. The van der Waals surface area contributed by atoms with Gasteiger partial charge in [-0.1, -0.05) is 11.6 Å². The molecule has 0 aliphatic carbocycles. The van der Waals surface area contributed by atoms with E-state index in [4.69, 9.17) is 11.6 Å². The van der Waals surface area contributed by atoms with Gasteiger partial charge in [0.15, 0.2) is 0 Å². The van der Waals surface area contributed by atoms with Crippen LogP contribution in [0.1, 0.15) is 20.3 Å². The molecule has 1 aromatic heterocycles. The number of hydrogen-bond donors (Lipinski definition) is 0. The van der Waals surface area contributed by atoms with Crippen molar-refractivity contribution in [1.82, 2.24) is 14.1 Å². The van der Waals surface area contributed by atoms with Crippen LogP contribution in [-0.2, 0) is 10.0 Å². The van der Waals surface area contributed by atoms with Gasteiger partial charge in [0.2, 0.25) is 0 Å². The topological polar surface area (TPSA) is 43.9 Å². The van der Waals surface area contributed by atoms with Gasteiger partial charge >= 0.3 is 0 Å². The number of piperazine rings is 1. The SMILES string of the molecule is CC1CN(S(=O)(=O)c2ccc(Cl)s2)CC(C)N1CCCN(C)C. The van der Waals surface area contributed by atoms with Crippen LogP contribution in [0, 0.1) is 0 Å². The van der Waals surface area contributed by atoms with Gasteiger partial charge in [0, 0.05) is 31.7 Å². The van der Waals surface area contributed by atoms with Gasteiger partial charge in [-0.15, -0.1) is 11.3 Å². The van der Waals surface area contributed by atoms with Crippen molar-refractivity contribution in [3.8, 4) is 0 Å². The molecule has 0 aromatic carbocycles. The number of rotatable bonds is 6. The van der Waals surface area contributed by atoms with Gasteiger partial charge in [-0.05, 0) is 53.0 Å². The van der Waals surface area contributed by atoms with Crippen molar-refractivity contribution in [3.63, 3.8) is 0 Å². The summed E-state index contributed by atoms with van der Waals surface area (Å²) in [6.45, 7) is 7.32. The first kappa shape index (κ1) is 19.1. The zero-order valence-electron chi connectivity index (χ0n) is 14.2. The van der Waals surface area contributed by atoms with E-state index in [-0.39, 0.29) is 12.1 Å². The van der Waals surface area contributed by atoms with E-state index in [1.807, 2.05) is 0 Å². The van der Waals surface area contributed by atoms with Gasteiger partial charge in [0.05, 0.1) is 4.34 Å². The van der Waals surface area contributed by atoms with Crippen LogP contribution in [0.5, 0.6) is 0 Å². The maximum absolute atomic E-state index is 12.8. The minimum absolute atomic E-state index is 0.214. The van der Waals surface area contributed by atoms with Gasteiger partial charge in [-0.2, -0.15) is 4.31 Å². The Kier molecular flexibility index (Phi) is 6.49. The molecule has 1 aromatic rings. The lowest BCUT2D eigenvalue weighted by Gasteiger charge is -2.43. The Labute approximate surface area is 148 Å². The van der Waals surface area contributed by atoms with E-state index in [9.17, 15) is 8.42 Å². The van der Waals surface area contributed by atoms with Crippen LogP contribution < -0.4 is 0 Å². The van der Waals surface area contributed by atoms with E-state index in [1.165, 1.54) is 0 Å². The molecular weight excluding hydrogens is 354 g/mol. The molecule has 0 saturated carbocycles. The molecule has 2 unspecified atom stereocenters. The summed E-state index contributed by atoms with van der Waals surface area (Å²) in [6, 6.07) is 3.67. The number of hydrogen-bond acceptors (Lipinski definition) is 5. The fourth-order valence-corrected chi connectivity index (χ4v) is 6.32. The van der Waals surface area contributed by atoms with E-state index in [0.717, 1.165) is 30.8 Å². The first-order valence-corrected chi connectivity index (χ1v) is 10.5. The fraction of sp³-hybridized carbons (Fsp3) is 0.733. The van der Waals surface area contributed by atoms with Crippen molar-refractivity contribution in [3.05, 3.63) is 16.5 Å². The molecule has 2 atom stereocenters. The molecule has 0 bridgehead atoms. The first-order valence-electron chi connectivity index (χ1n) is 7.87. The zero-order chi connectivity index (χ0) is 17.2. The molecule has 1 fully saturated rings. The summed E-state index contributed by atoms with van der Waals surface area (Å²) >= 11 is 7.02. The smallest absolute Gasteiger partial charge is 0.252 e. The predicted molar refractivity (Wildman–Crippen MR) is 96.9 cm³/mol. The second-order valence-electron chi connectivity index (χ2n) is 6.47. The lowest BCUT2D eigenvalue weighted by atomic mass is 10.1. The maximum Gasteiger partial charge on any atom is 0.252 e.